The van der Waals surface area contributed by atoms with Gasteiger partial charge in [0.1, 0.15) is 6.04 Å². The zero-order valence-electron chi connectivity index (χ0n) is 12.6. The van der Waals surface area contributed by atoms with E-state index in [4.69, 9.17) is 0 Å². The predicted octanol–water partition coefficient (Wildman–Crippen LogP) is 2.34. The number of rotatable bonds is 3. The number of nitrogens with one attached hydrogen (secondary N) is 2. The second kappa shape index (κ2) is 8.29. The number of halogens is 2. The molecule has 4 nitrogen and oxygen atoms in total. The largest absolute Gasteiger partial charge is 0.353 e. The molecular weight excluding hydrogens is 366 g/mol. The lowest BCUT2D eigenvalue weighted by molar-refractivity contribution is -0.129. The van der Waals surface area contributed by atoms with Crippen molar-refractivity contribution >= 4 is 34.2 Å². The van der Waals surface area contributed by atoms with Crippen LogP contribution in [-0.2, 0) is 4.79 Å². The normalized spacial score (nSPS) is 26.1. The van der Waals surface area contributed by atoms with Crippen molar-refractivity contribution in [2.45, 2.75) is 18.9 Å². The van der Waals surface area contributed by atoms with Crippen LogP contribution in [0.25, 0.3) is 0 Å². The van der Waals surface area contributed by atoms with E-state index in [9.17, 15) is 4.79 Å². The molecule has 2 fully saturated rings. The SMILES string of the molecule is Cl.O=C1NCCN(CC2CCCNC2)C1c1ccc(Br)cc1. The molecule has 2 heterocycles. The Morgan fingerprint density at radius 3 is 2.68 bits per heavy atom. The van der Waals surface area contributed by atoms with E-state index < -0.39 is 0 Å². The molecule has 2 N–H and O–H groups in total. The third-order valence-electron chi connectivity index (χ3n) is 4.39. The van der Waals surface area contributed by atoms with Gasteiger partial charge in [0.25, 0.3) is 0 Å². The third kappa shape index (κ3) is 4.22. The fourth-order valence-electron chi connectivity index (χ4n) is 3.33. The summed E-state index contributed by atoms with van der Waals surface area (Å²) in [5, 5.41) is 6.47. The molecule has 2 atom stereocenters. The van der Waals surface area contributed by atoms with Crippen LogP contribution in [-0.4, -0.2) is 43.5 Å². The highest BCUT2D eigenvalue weighted by Crippen LogP contribution is 2.26. The number of nitrogens with zero attached hydrogens (tertiary/aromatic N) is 1. The van der Waals surface area contributed by atoms with Crippen molar-refractivity contribution in [1.82, 2.24) is 15.5 Å². The van der Waals surface area contributed by atoms with Gasteiger partial charge in [-0.15, -0.1) is 12.4 Å². The van der Waals surface area contributed by atoms with Crippen LogP contribution < -0.4 is 10.6 Å². The Bertz CT molecular complexity index is 491. The molecule has 6 heteroatoms. The Balaban J connectivity index is 0.00000176. The summed E-state index contributed by atoms with van der Waals surface area (Å²) >= 11 is 3.46. The summed E-state index contributed by atoms with van der Waals surface area (Å²) in [6.07, 6.45) is 2.51. The highest BCUT2D eigenvalue weighted by atomic mass is 79.9. The summed E-state index contributed by atoms with van der Waals surface area (Å²) in [5.41, 5.74) is 1.08. The van der Waals surface area contributed by atoms with E-state index in [0.717, 1.165) is 42.8 Å². The van der Waals surface area contributed by atoms with E-state index in [1.807, 2.05) is 24.3 Å². The zero-order chi connectivity index (χ0) is 14.7. The van der Waals surface area contributed by atoms with Crippen LogP contribution in [0.4, 0.5) is 0 Å². The van der Waals surface area contributed by atoms with Crippen molar-refractivity contribution < 1.29 is 4.79 Å². The van der Waals surface area contributed by atoms with Gasteiger partial charge in [-0.3, -0.25) is 9.69 Å². The van der Waals surface area contributed by atoms with Crippen molar-refractivity contribution in [3.8, 4) is 0 Å². The van der Waals surface area contributed by atoms with E-state index in [0.29, 0.717) is 5.92 Å². The Morgan fingerprint density at radius 1 is 1.23 bits per heavy atom. The van der Waals surface area contributed by atoms with E-state index in [2.05, 4.69) is 31.5 Å². The third-order valence-corrected chi connectivity index (χ3v) is 4.92. The maximum Gasteiger partial charge on any atom is 0.242 e. The van der Waals surface area contributed by atoms with Gasteiger partial charge in [-0.25, -0.2) is 0 Å². The van der Waals surface area contributed by atoms with Crippen LogP contribution >= 0.6 is 28.3 Å². The van der Waals surface area contributed by atoms with Crippen molar-refractivity contribution in [2.24, 2.45) is 5.92 Å². The Kier molecular flexibility index (Phi) is 6.68. The molecule has 1 amide bonds. The fraction of sp³-hybridized carbons (Fsp3) is 0.562. The van der Waals surface area contributed by atoms with Gasteiger partial charge < -0.3 is 10.6 Å². The number of carbonyl (C=O) groups excluding carboxylic acids is 1. The smallest absolute Gasteiger partial charge is 0.242 e. The summed E-state index contributed by atoms with van der Waals surface area (Å²) in [7, 11) is 0. The molecular formula is C16H23BrClN3O. The van der Waals surface area contributed by atoms with E-state index in [-0.39, 0.29) is 24.4 Å². The number of hydrogen-bond donors (Lipinski definition) is 2. The second-order valence-corrected chi connectivity index (χ2v) is 6.87. The number of benzene rings is 1. The maximum atomic E-state index is 12.4. The highest BCUT2D eigenvalue weighted by molar-refractivity contribution is 9.10. The molecule has 0 spiro atoms. The molecule has 2 unspecified atom stereocenters. The first-order valence-corrected chi connectivity index (χ1v) is 8.51. The van der Waals surface area contributed by atoms with Crippen LogP contribution in [0.15, 0.2) is 28.7 Å². The van der Waals surface area contributed by atoms with Crippen molar-refractivity contribution in [3.63, 3.8) is 0 Å². The molecule has 0 radical (unpaired) electrons. The maximum absolute atomic E-state index is 12.4. The van der Waals surface area contributed by atoms with Crippen LogP contribution in [0.5, 0.6) is 0 Å². The predicted molar refractivity (Wildman–Crippen MR) is 94.3 cm³/mol. The molecule has 2 aliphatic heterocycles. The molecule has 0 aliphatic carbocycles. The number of hydrogen-bond acceptors (Lipinski definition) is 3. The second-order valence-electron chi connectivity index (χ2n) is 5.95. The Morgan fingerprint density at radius 2 is 2.00 bits per heavy atom. The van der Waals surface area contributed by atoms with Gasteiger partial charge in [-0.05, 0) is 49.5 Å². The molecule has 1 aromatic carbocycles. The lowest BCUT2D eigenvalue weighted by Gasteiger charge is -2.38. The number of piperazine rings is 1. The first-order valence-electron chi connectivity index (χ1n) is 7.72. The van der Waals surface area contributed by atoms with Gasteiger partial charge in [-0.2, -0.15) is 0 Å². The number of piperidine rings is 1. The average Bonchev–Trinajstić information content (AvgIpc) is 2.50. The Hall–Kier alpha value is -0.620. The van der Waals surface area contributed by atoms with Crippen LogP contribution in [0.2, 0.25) is 0 Å². The van der Waals surface area contributed by atoms with Gasteiger partial charge in [-0.1, -0.05) is 28.1 Å². The fourth-order valence-corrected chi connectivity index (χ4v) is 3.59. The van der Waals surface area contributed by atoms with Gasteiger partial charge >= 0.3 is 0 Å². The Labute approximate surface area is 146 Å². The minimum Gasteiger partial charge on any atom is -0.353 e. The number of amides is 1. The monoisotopic (exact) mass is 387 g/mol. The molecule has 0 bridgehead atoms. The zero-order valence-corrected chi connectivity index (χ0v) is 15.0. The van der Waals surface area contributed by atoms with Crippen molar-refractivity contribution in [1.29, 1.82) is 0 Å². The minimum atomic E-state index is -0.145. The molecule has 2 aliphatic rings. The average molecular weight is 389 g/mol. The summed E-state index contributed by atoms with van der Waals surface area (Å²) in [5.74, 6) is 0.787. The van der Waals surface area contributed by atoms with E-state index >= 15 is 0 Å². The molecule has 122 valence electrons. The van der Waals surface area contributed by atoms with Crippen molar-refractivity contribution in [3.05, 3.63) is 34.3 Å². The summed E-state index contributed by atoms with van der Waals surface area (Å²) < 4.78 is 1.05. The lowest BCUT2D eigenvalue weighted by atomic mass is 9.96. The van der Waals surface area contributed by atoms with Gasteiger partial charge in [0.2, 0.25) is 5.91 Å². The minimum absolute atomic E-state index is 0. The molecule has 3 rings (SSSR count). The van der Waals surface area contributed by atoms with Gasteiger partial charge in [0, 0.05) is 24.1 Å². The van der Waals surface area contributed by atoms with E-state index in [1.54, 1.807) is 0 Å². The molecule has 0 saturated carbocycles. The standard InChI is InChI=1S/C16H22BrN3O.ClH/c17-14-5-3-13(4-6-14)15-16(21)19-8-9-20(15)11-12-2-1-7-18-10-12;/h3-6,12,15,18H,1-2,7-11H2,(H,19,21);1H. The molecule has 0 aromatic heterocycles. The quantitative estimate of drug-likeness (QED) is 0.835. The summed E-state index contributed by atoms with van der Waals surface area (Å²) in [6.45, 7) is 4.90. The molecule has 22 heavy (non-hydrogen) atoms. The van der Waals surface area contributed by atoms with Crippen LogP contribution in [0.3, 0.4) is 0 Å². The van der Waals surface area contributed by atoms with E-state index in [1.165, 1.54) is 12.8 Å². The van der Waals surface area contributed by atoms with Crippen molar-refractivity contribution in [2.75, 3.05) is 32.7 Å². The summed E-state index contributed by atoms with van der Waals surface area (Å²) in [6, 6.07) is 7.97. The first kappa shape index (κ1) is 17.7. The summed E-state index contributed by atoms with van der Waals surface area (Å²) in [4.78, 5) is 14.7. The first-order chi connectivity index (χ1) is 10.2. The van der Waals surface area contributed by atoms with Gasteiger partial charge in [0.15, 0.2) is 0 Å². The molecule has 1 aromatic rings. The topological polar surface area (TPSA) is 44.4 Å². The molecule has 2 saturated heterocycles. The highest BCUT2D eigenvalue weighted by Gasteiger charge is 2.32. The van der Waals surface area contributed by atoms with Crippen LogP contribution in [0, 0.1) is 5.92 Å². The number of carbonyl (C=O) groups is 1. The van der Waals surface area contributed by atoms with Gasteiger partial charge in [0.05, 0.1) is 0 Å². The van der Waals surface area contributed by atoms with Crippen LogP contribution in [0.1, 0.15) is 24.4 Å². The lowest BCUT2D eigenvalue weighted by Crippen LogP contribution is -2.52.